The highest BCUT2D eigenvalue weighted by Crippen LogP contribution is 2.33. The van der Waals surface area contributed by atoms with Crippen LogP contribution in [0.4, 0.5) is 11.4 Å². The number of sulfonamides is 1. The molecule has 0 aromatic heterocycles. The molecule has 2 aromatic carbocycles. The van der Waals surface area contributed by atoms with Crippen molar-refractivity contribution in [3.63, 3.8) is 0 Å². The lowest BCUT2D eigenvalue weighted by atomic mass is 10.2. The van der Waals surface area contributed by atoms with E-state index in [0.29, 0.717) is 5.75 Å². The molecule has 0 saturated carbocycles. The molecule has 1 unspecified atom stereocenters. The first-order valence-corrected chi connectivity index (χ1v) is 8.68. The first kappa shape index (κ1) is 16.1. The highest BCUT2D eigenvalue weighted by Gasteiger charge is 2.26. The quantitative estimate of drug-likeness (QED) is 0.738. The molecule has 7 nitrogen and oxygen atoms in total. The third kappa shape index (κ3) is 3.00. The SMILES string of the molecule is Cc1ccc(NS(=O)(=O)c2ccc3c(c2)NC(=O)C(C)O3)c(O)c1. The minimum Gasteiger partial charge on any atom is -0.506 e. The second-order valence-electron chi connectivity index (χ2n) is 5.53. The molecule has 1 heterocycles. The summed E-state index contributed by atoms with van der Waals surface area (Å²) in [6.45, 7) is 3.38. The molecule has 0 radical (unpaired) electrons. The fourth-order valence-electron chi connectivity index (χ4n) is 2.29. The maximum Gasteiger partial charge on any atom is 0.265 e. The third-order valence-electron chi connectivity index (χ3n) is 3.59. The van der Waals surface area contributed by atoms with Crippen molar-refractivity contribution in [2.24, 2.45) is 0 Å². The molecule has 3 N–H and O–H groups in total. The minimum atomic E-state index is -3.93. The molecule has 2 aromatic rings. The fourth-order valence-corrected chi connectivity index (χ4v) is 3.39. The monoisotopic (exact) mass is 348 g/mol. The van der Waals surface area contributed by atoms with Crippen LogP contribution in [-0.4, -0.2) is 25.5 Å². The highest BCUT2D eigenvalue weighted by molar-refractivity contribution is 7.92. The van der Waals surface area contributed by atoms with Gasteiger partial charge < -0.3 is 15.2 Å². The van der Waals surface area contributed by atoms with Gasteiger partial charge in [-0.1, -0.05) is 6.07 Å². The van der Waals surface area contributed by atoms with Crippen molar-refractivity contribution < 1.29 is 23.1 Å². The number of hydrogen-bond donors (Lipinski definition) is 3. The highest BCUT2D eigenvalue weighted by atomic mass is 32.2. The summed E-state index contributed by atoms with van der Waals surface area (Å²) >= 11 is 0. The smallest absolute Gasteiger partial charge is 0.265 e. The Bertz CT molecular complexity index is 924. The van der Waals surface area contributed by atoms with E-state index in [-0.39, 0.29) is 27.9 Å². The van der Waals surface area contributed by atoms with Crippen LogP contribution in [0, 0.1) is 6.92 Å². The van der Waals surface area contributed by atoms with Crippen molar-refractivity contribution in [1.82, 2.24) is 0 Å². The van der Waals surface area contributed by atoms with Gasteiger partial charge in [-0.05, 0) is 49.7 Å². The van der Waals surface area contributed by atoms with E-state index in [1.807, 2.05) is 0 Å². The molecule has 1 amide bonds. The molecule has 126 valence electrons. The maximum absolute atomic E-state index is 12.5. The van der Waals surface area contributed by atoms with Gasteiger partial charge in [-0.3, -0.25) is 9.52 Å². The van der Waals surface area contributed by atoms with E-state index in [1.54, 1.807) is 19.9 Å². The number of fused-ring (bicyclic) bond motifs is 1. The maximum atomic E-state index is 12.5. The number of rotatable bonds is 3. The van der Waals surface area contributed by atoms with Crippen LogP contribution in [0.1, 0.15) is 12.5 Å². The molecule has 0 bridgehead atoms. The van der Waals surface area contributed by atoms with Crippen LogP contribution < -0.4 is 14.8 Å². The Balaban J connectivity index is 1.93. The summed E-state index contributed by atoms with van der Waals surface area (Å²) in [5, 5.41) is 12.5. The molecule has 1 aliphatic rings. The van der Waals surface area contributed by atoms with Crippen LogP contribution in [0.25, 0.3) is 0 Å². The van der Waals surface area contributed by atoms with E-state index < -0.39 is 16.1 Å². The number of hydrogen-bond acceptors (Lipinski definition) is 5. The summed E-state index contributed by atoms with van der Waals surface area (Å²) in [6.07, 6.45) is -0.636. The number of amides is 1. The zero-order valence-electron chi connectivity index (χ0n) is 13.0. The van der Waals surface area contributed by atoms with Crippen LogP contribution in [0.5, 0.6) is 11.5 Å². The second-order valence-corrected chi connectivity index (χ2v) is 7.22. The first-order chi connectivity index (χ1) is 11.3. The first-order valence-electron chi connectivity index (χ1n) is 7.20. The minimum absolute atomic E-state index is 0.0559. The number of carbonyl (C=O) groups is 1. The Morgan fingerprint density at radius 1 is 1.21 bits per heavy atom. The predicted octanol–water partition coefficient (Wildman–Crippen LogP) is 2.22. The number of aromatic hydroxyl groups is 1. The number of phenols is 1. The summed E-state index contributed by atoms with van der Waals surface area (Å²) in [5.74, 6) is -0.109. The normalized spacial score (nSPS) is 16.8. The van der Waals surface area contributed by atoms with Crippen molar-refractivity contribution in [2.75, 3.05) is 10.0 Å². The standard InChI is InChI=1S/C16H16N2O5S/c1-9-3-5-12(14(19)7-9)18-24(21,22)11-4-6-15-13(8-11)17-16(20)10(2)23-15/h3-8,10,18-19H,1-2H3,(H,17,20). The molecule has 0 aliphatic carbocycles. The van der Waals surface area contributed by atoms with Crippen molar-refractivity contribution >= 4 is 27.3 Å². The van der Waals surface area contributed by atoms with Gasteiger partial charge in [-0.2, -0.15) is 0 Å². The van der Waals surface area contributed by atoms with Crippen LogP contribution in [-0.2, 0) is 14.8 Å². The summed E-state index contributed by atoms with van der Waals surface area (Å²) in [4.78, 5) is 11.6. The number of benzene rings is 2. The van der Waals surface area contributed by atoms with Crippen molar-refractivity contribution in [2.45, 2.75) is 24.8 Å². The summed E-state index contributed by atoms with van der Waals surface area (Å²) in [7, 11) is -3.93. The third-order valence-corrected chi connectivity index (χ3v) is 4.95. The molecule has 0 saturated heterocycles. The second kappa shape index (κ2) is 5.72. The Morgan fingerprint density at radius 3 is 2.67 bits per heavy atom. The molecule has 1 atom stereocenters. The molecular formula is C16H16N2O5S. The summed E-state index contributed by atoms with van der Waals surface area (Å²) in [5.41, 5.74) is 1.17. The van der Waals surface area contributed by atoms with Gasteiger partial charge in [0.25, 0.3) is 15.9 Å². The molecular weight excluding hydrogens is 332 g/mol. The molecule has 1 aliphatic heterocycles. The van der Waals surface area contributed by atoms with E-state index in [1.165, 1.54) is 30.3 Å². The summed E-state index contributed by atoms with van der Waals surface area (Å²) in [6, 6.07) is 8.78. The van der Waals surface area contributed by atoms with Gasteiger partial charge in [0.1, 0.15) is 11.5 Å². The number of ether oxygens (including phenoxy) is 1. The zero-order chi connectivity index (χ0) is 17.5. The van der Waals surface area contributed by atoms with Crippen LogP contribution in [0.2, 0.25) is 0 Å². The predicted molar refractivity (Wildman–Crippen MR) is 88.8 cm³/mol. The van der Waals surface area contributed by atoms with Crippen molar-refractivity contribution in [3.05, 3.63) is 42.0 Å². The van der Waals surface area contributed by atoms with Gasteiger partial charge >= 0.3 is 0 Å². The Kier molecular flexibility index (Phi) is 3.84. The Hall–Kier alpha value is -2.74. The molecule has 0 spiro atoms. The van der Waals surface area contributed by atoms with E-state index in [9.17, 15) is 18.3 Å². The van der Waals surface area contributed by atoms with Crippen LogP contribution in [0.3, 0.4) is 0 Å². The van der Waals surface area contributed by atoms with E-state index in [2.05, 4.69) is 10.0 Å². The summed E-state index contributed by atoms with van der Waals surface area (Å²) < 4.78 is 32.7. The number of anilines is 2. The van der Waals surface area contributed by atoms with Gasteiger partial charge in [0.05, 0.1) is 16.3 Å². The van der Waals surface area contributed by atoms with Gasteiger partial charge in [-0.15, -0.1) is 0 Å². The number of nitrogens with one attached hydrogen (secondary N) is 2. The van der Waals surface area contributed by atoms with Crippen molar-refractivity contribution in [3.8, 4) is 11.5 Å². The molecule has 3 rings (SSSR count). The van der Waals surface area contributed by atoms with E-state index >= 15 is 0 Å². The van der Waals surface area contributed by atoms with Crippen LogP contribution in [0.15, 0.2) is 41.3 Å². The fraction of sp³-hybridized carbons (Fsp3) is 0.188. The van der Waals surface area contributed by atoms with Crippen LogP contribution >= 0.6 is 0 Å². The van der Waals surface area contributed by atoms with Gasteiger partial charge in [0.15, 0.2) is 6.10 Å². The molecule has 24 heavy (non-hydrogen) atoms. The lowest BCUT2D eigenvalue weighted by molar-refractivity contribution is -0.122. The lowest BCUT2D eigenvalue weighted by Crippen LogP contribution is -2.34. The largest absolute Gasteiger partial charge is 0.506 e. The van der Waals surface area contributed by atoms with E-state index in [0.717, 1.165) is 5.56 Å². The van der Waals surface area contributed by atoms with Gasteiger partial charge in [0, 0.05) is 0 Å². The molecule has 0 fully saturated rings. The number of phenolic OH excluding ortho intramolecular Hbond substituents is 1. The molecule has 8 heteroatoms. The number of carbonyl (C=O) groups excluding carboxylic acids is 1. The topological polar surface area (TPSA) is 105 Å². The Labute approximate surface area is 139 Å². The van der Waals surface area contributed by atoms with Gasteiger partial charge in [-0.25, -0.2) is 8.42 Å². The average Bonchev–Trinajstić information content (AvgIpc) is 2.51. The number of aryl methyl sites for hydroxylation is 1. The van der Waals surface area contributed by atoms with E-state index in [4.69, 9.17) is 4.74 Å². The van der Waals surface area contributed by atoms with Crippen molar-refractivity contribution in [1.29, 1.82) is 0 Å². The Morgan fingerprint density at radius 2 is 1.96 bits per heavy atom. The average molecular weight is 348 g/mol. The zero-order valence-corrected chi connectivity index (χ0v) is 13.8. The lowest BCUT2D eigenvalue weighted by Gasteiger charge is -2.23. The van der Waals surface area contributed by atoms with Gasteiger partial charge in [0.2, 0.25) is 0 Å².